The number of aryl methyl sites for hydroxylation is 1. The van der Waals surface area contributed by atoms with Crippen molar-refractivity contribution in [3.8, 4) is 0 Å². The highest BCUT2D eigenvalue weighted by Crippen LogP contribution is 2.19. The van der Waals surface area contributed by atoms with E-state index in [0.717, 1.165) is 31.6 Å². The lowest BCUT2D eigenvalue weighted by Crippen LogP contribution is -2.48. The summed E-state index contributed by atoms with van der Waals surface area (Å²) in [6.45, 7) is 1.71. The van der Waals surface area contributed by atoms with Crippen molar-refractivity contribution in [3.05, 3.63) is 42.5 Å². The number of nitrogens with one attached hydrogen (secondary N) is 2. The number of piperidine rings is 1. The van der Waals surface area contributed by atoms with Crippen LogP contribution >= 0.6 is 0 Å². The number of nitrogens with zero attached hydrogens (tertiary/aromatic N) is 3. The van der Waals surface area contributed by atoms with Gasteiger partial charge in [0.1, 0.15) is 5.82 Å². The van der Waals surface area contributed by atoms with Crippen LogP contribution in [-0.4, -0.2) is 34.9 Å². The number of carbonyl (C=O) groups excluding carboxylic acids is 1. The smallest absolute Gasteiger partial charge is 0.319 e. The van der Waals surface area contributed by atoms with E-state index in [4.69, 9.17) is 0 Å². The molecule has 0 aliphatic carbocycles. The lowest BCUT2D eigenvalue weighted by Gasteiger charge is -2.33. The number of anilines is 2. The van der Waals surface area contributed by atoms with Gasteiger partial charge in [-0.3, -0.25) is 4.68 Å². The maximum atomic E-state index is 12.9. The Hall–Kier alpha value is -2.57. The molecule has 1 aliphatic rings. The summed E-state index contributed by atoms with van der Waals surface area (Å²) in [6, 6.07) is 5.52. The first kappa shape index (κ1) is 15.3. The molecule has 0 spiro atoms. The van der Waals surface area contributed by atoms with E-state index in [1.165, 1.54) is 24.3 Å². The number of urea groups is 1. The first-order chi connectivity index (χ1) is 11.1. The molecule has 1 aliphatic heterocycles. The number of amides is 2. The summed E-state index contributed by atoms with van der Waals surface area (Å²) in [4.78, 5) is 14.3. The molecule has 0 unspecified atom stereocenters. The lowest BCUT2D eigenvalue weighted by atomic mass is 10.1. The average molecular weight is 317 g/mol. The number of halogens is 1. The molecule has 3 rings (SSSR count). The predicted molar refractivity (Wildman–Crippen MR) is 87.0 cm³/mol. The Bertz CT molecular complexity index is 669. The van der Waals surface area contributed by atoms with Crippen LogP contribution in [0.25, 0.3) is 0 Å². The van der Waals surface area contributed by atoms with Crippen LogP contribution in [0.1, 0.15) is 12.8 Å². The van der Waals surface area contributed by atoms with Crippen LogP contribution in [-0.2, 0) is 7.05 Å². The van der Waals surface area contributed by atoms with Gasteiger partial charge in [0.2, 0.25) is 0 Å². The first-order valence-corrected chi connectivity index (χ1v) is 7.67. The zero-order chi connectivity index (χ0) is 16.2. The molecule has 2 amide bonds. The third-order valence-electron chi connectivity index (χ3n) is 3.92. The number of benzene rings is 1. The highest BCUT2D eigenvalue weighted by molar-refractivity contribution is 5.89. The minimum atomic E-state index is -0.324. The fraction of sp³-hybridized carbons (Fsp3) is 0.375. The van der Waals surface area contributed by atoms with E-state index in [1.807, 2.05) is 19.4 Å². The lowest BCUT2D eigenvalue weighted by molar-refractivity contribution is 0.246. The van der Waals surface area contributed by atoms with Crippen LogP contribution in [0.4, 0.5) is 20.6 Å². The second kappa shape index (κ2) is 6.68. The molecule has 7 heteroatoms. The Balaban J connectivity index is 1.54. The summed E-state index contributed by atoms with van der Waals surface area (Å²) < 4.78 is 14.6. The van der Waals surface area contributed by atoms with Gasteiger partial charge in [-0.15, -0.1) is 0 Å². The monoisotopic (exact) mass is 317 g/mol. The number of rotatable bonds is 3. The third kappa shape index (κ3) is 4.00. The van der Waals surface area contributed by atoms with E-state index >= 15 is 0 Å². The Morgan fingerprint density at radius 1 is 1.35 bits per heavy atom. The highest BCUT2D eigenvalue weighted by Gasteiger charge is 2.22. The Morgan fingerprint density at radius 2 is 2.13 bits per heavy atom. The zero-order valence-electron chi connectivity index (χ0n) is 13.0. The Morgan fingerprint density at radius 3 is 2.83 bits per heavy atom. The highest BCUT2D eigenvalue weighted by atomic mass is 19.1. The number of hydrogen-bond acceptors (Lipinski definition) is 3. The Kier molecular flexibility index (Phi) is 4.45. The maximum absolute atomic E-state index is 12.9. The summed E-state index contributed by atoms with van der Waals surface area (Å²) in [6.07, 6.45) is 5.76. The van der Waals surface area contributed by atoms with Gasteiger partial charge >= 0.3 is 6.03 Å². The molecular formula is C16H20FN5O. The van der Waals surface area contributed by atoms with E-state index in [2.05, 4.69) is 20.6 Å². The van der Waals surface area contributed by atoms with E-state index < -0.39 is 0 Å². The number of aromatic nitrogens is 2. The van der Waals surface area contributed by atoms with Crippen molar-refractivity contribution in [2.24, 2.45) is 7.05 Å². The van der Waals surface area contributed by atoms with Crippen molar-refractivity contribution >= 4 is 17.4 Å². The molecular weight excluding hydrogens is 297 g/mol. The molecule has 122 valence electrons. The second-order valence-electron chi connectivity index (χ2n) is 5.76. The molecule has 2 N–H and O–H groups in total. The van der Waals surface area contributed by atoms with E-state index in [-0.39, 0.29) is 17.9 Å². The standard InChI is InChI=1S/C16H20FN5O/c1-21-11-15(9-18-21)22-8-2-3-14(10-22)20-16(23)19-13-6-4-12(17)5-7-13/h4-7,9,11,14H,2-3,8,10H2,1H3,(H2,19,20,23)/t14-/m0/s1. The average Bonchev–Trinajstić information content (AvgIpc) is 2.96. The largest absolute Gasteiger partial charge is 0.367 e. The topological polar surface area (TPSA) is 62.2 Å². The summed E-state index contributed by atoms with van der Waals surface area (Å²) in [5, 5.41) is 9.88. The van der Waals surface area contributed by atoms with Gasteiger partial charge in [0.25, 0.3) is 0 Å². The quantitative estimate of drug-likeness (QED) is 0.913. The van der Waals surface area contributed by atoms with Crippen molar-refractivity contribution in [2.75, 3.05) is 23.3 Å². The molecule has 1 saturated heterocycles. The van der Waals surface area contributed by atoms with Crippen LogP contribution in [0, 0.1) is 5.82 Å². The van der Waals surface area contributed by atoms with Crippen LogP contribution in [0.15, 0.2) is 36.7 Å². The molecule has 1 aromatic heterocycles. The number of carbonyl (C=O) groups is 1. The van der Waals surface area contributed by atoms with Crippen LogP contribution < -0.4 is 15.5 Å². The van der Waals surface area contributed by atoms with E-state index in [1.54, 1.807) is 4.68 Å². The predicted octanol–water partition coefficient (Wildman–Crippen LogP) is 2.35. The van der Waals surface area contributed by atoms with E-state index in [0.29, 0.717) is 5.69 Å². The molecule has 1 atom stereocenters. The molecule has 2 heterocycles. The molecule has 0 radical (unpaired) electrons. The molecule has 6 nitrogen and oxygen atoms in total. The summed E-state index contributed by atoms with van der Waals surface area (Å²) in [7, 11) is 1.89. The summed E-state index contributed by atoms with van der Waals surface area (Å²) in [5.74, 6) is -0.324. The van der Waals surface area contributed by atoms with Crippen molar-refractivity contribution < 1.29 is 9.18 Å². The van der Waals surface area contributed by atoms with Crippen molar-refractivity contribution in [1.29, 1.82) is 0 Å². The van der Waals surface area contributed by atoms with Gasteiger partial charge in [0.05, 0.1) is 11.9 Å². The fourth-order valence-electron chi connectivity index (χ4n) is 2.79. The summed E-state index contributed by atoms with van der Waals surface area (Å²) in [5.41, 5.74) is 1.64. The van der Waals surface area contributed by atoms with Gasteiger partial charge in [-0.2, -0.15) is 5.10 Å². The molecule has 1 aromatic carbocycles. The van der Waals surface area contributed by atoms with E-state index in [9.17, 15) is 9.18 Å². The van der Waals surface area contributed by atoms with Crippen LogP contribution in [0.3, 0.4) is 0 Å². The number of hydrogen-bond donors (Lipinski definition) is 2. The third-order valence-corrected chi connectivity index (χ3v) is 3.92. The van der Waals surface area contributed by atoms with Crippen molar-refractivity contribution in [3.63, 3.8) is 0 Å². The minimum Gasteiger partial charge on any atom is -0.367 e. The molecule has 2 aromatic rings. The van der Waals surface area contributed by atoms with Crippen molar-refractivity contribution in [2.45, 2.75) is 18.9 Å². The zero-order valence-corrected chi connectivity index (χ0v) is 13.0. The van der Waals surface area contributed by atoms with Crippen LogP contribution in [0.2, 0.25) is 0 Å². The second-order valence-corrected chi connectivity index (χ2v) is 5.76. The maximum Gasteiger partial charge on any atom is 0.319 e. The van der Waals surface area contributed by atoms with Gasteiger partial charge in [-0.25, -0.2) is 9.18 Å². The minimum absolute atomic E-state index is 0.0735. The molecule has 23 heavy (non-hydrogen) atoms. The first-order valence-electron chi connectivity index (χ1n) is 7.67. The van der Waals surface area contributed by atoms with Gasteiger partial charge in [-0.1, -0.05) is 0 Å². The summed E-state index contributed by atoms with van der Waals surface area (Å²) >= 11 is 0. The van der Waals surface area contributed by atoms with Gasteiger partial charge in [0.15, 0.2) is 0 Å². The Labute approximate surface area is 134 Å². The molecule has 1 fully saturated rings. The SMILES string of the molecule is Cn1cc(N2CCC[C@H](NC(=O)Nc3ccc(F)cc3)C2)cn1. The van der Waals surface area contributed by atoms with Crippen LogP contribution in [0.5, 0.6) is 0 Å². The fourth-order valence-corrected chi connectivity index (χ4v) is 2.79. The van der Waals surface area contributed by atoms with Gasteiger partial charge in [0, 0.05) is 38.1 Å². The normalized spacial score (nSPS) is 17.8. The molecule has 0 saturated carbocycles. The van der Waals surface area contributed by atoms with Gasteiger partial charge < -0.3 is 15.5 Å². The van der Waals surface area contributed by atoms with Crippen molar-refractivity contribution in [1.82, 2.24) is 15.1 Å². The van der Waals surface area contributed by atoms with Gasteiger partial charge in [-0.05, 0) is 37.1 Å². The molecule has 0 bridgehead atoms.